The highest BCUT2D eigenvalue weighted by Crippen LogP contribution is 2.25. The van der Waals surface area contributed by atoms with E-state index in [0.717, 1.165) is 22.7 Å². The molecule has 0 saturated heterocycles. The standard InChI is InChI=1S/C18H20N4O2S2/c1-4-22(15-7-5-6-13(2)12-15)17-10-9-16(19-20-17)21-26(23,24)18-11-8-14(3)25-18/h5-12H,4H2,1-3H3,(H,19,21). The van der Waals surface area contributed by atoms with Gasteiger partial charge in [-0.2, -0.15) is 0 Å². The first-order valence-electron chi connectivity index (χ1n) is 8.16. The number of thiophene rings is 1. The van der Waals surface area contributed by atoms with Gasteiger partial charge in [0.25, 0.3) is 10.0 Å². The summed E-state index contributed by atoms with van der Waals surface area (Å²) in [4.78, 5) is 2.95. The van der Waals surface area contributed by atoms with E-state index in [0.29, 0.717) is 5.82 Å². The van der Waals surface area contributed by atoms with Crippen LogP contribution in [0.5, 0.6) is 0 Å². The van der Waals surface area contributed by atoms with Crippen molar-refractivity contribution in [1.29, 1.82) is 0 Å². The second-order valence-electron chi connectivity index (χ2n) is 5.83. The van der Waals surface area contributed by atoms with Gasteiger partial charge in [0.15, 0.2) is 11.6 Å². The number of benzene rings is 1. The zero-order valence-corrected chi connectivity index (χ0v) is 16.4. The van der Waals surface area contributed by atoms with Crippen LogP contribution in [0.4, 0.5) is 17.3 Å². The van der Waals surface area contributed by atoms with Gasteiger partial charge in [-0.1, -0.05) is 12.1 Å². The molecule has 0 fully saturated rings. The minimum absolute atomic E-state index is 0.195. The van der Waals surface area contributed by atoms with E-state index < -0.39 is 10.0 Å². The topological polar surface area (TPSA) is 75.2 Å². The molecule has 2 aromatic heterocycles. The number of anilines is 3. The lowest BCUT2D eigenvalue weighted by atomic mass is 10.2. The fourth-order valence-corrected chi connectivity index (χ4v) is 4.82. The fraction of sp³-hybridized carbons (Fsp3) is 0.222. The second kappa shape index (κ2) is 7.43. The van der Waals surface area contributed by atoms with E-state index in [1.807, 2.05) is 43.9 Å². The molecule has 0 unspecified atom stereocenters. The third-order valence-electron chi connectivity index (χ3n) is 3.78. The quantitative estimate of drug-likeness (QED) is 0.688. The lowest BCUT2D eigenvalue weighted by Crippen LogP contribution is -2.19. The Morgan fingerprint density at radius 3 is 2.46 bits per heavy atom. The average molecular weight is 389 g/mol. The monoisotopic (exact) mass is 388 g/mol. The van der Waals surface area contributed by atoms with Gasteiger partial charge in [-0.05, 0) is 62.7 Å². The molecule has 0 atom stereocenters. The molecular formula is C18H20N4O2S2. The minimum Gasteiger partial charge on any atom is -0.325 e. The molecule has 0 radical (unpaired) electrons. The molecular weight excluding hydrogens is 368 g/mol. The molecule has 1 aromatic carbocycles. The summed E-state index contributed by atoms with van der Waals surface area (Å²) in [5, 5.41) is 8.23. The van der Waals surface area contributed by atoms with Crippen LogP contribution in [0.1, 0.15) is 17.4 Å². The molecule has 0 amide bonds. The third kappa shape index (κ3) is 4.03. The summed E-state index contributed by atoms with van der Waals surface area (Å²) in [6.07, 6.45) is 0. The maximum Gasteiger partial charge on any atom is 0.272 e. The zero-order chi connectivity index (χ0) is 18.7. The minimum atomic E-state index is -3.64. The van der Waals surface area contributed by atoms with Gasteiger partial charge in [0.2, 0.25) is 0 Å². The van der Waals surface area contributed by atoms with Crippen LogP contribution in [0.3, 0.4) is 0 Å². The van der Waals surface area contributed by atoms with Gasteiger partial charge in [0, 0.05) is 17.1 Å². The van der Waals surface area contributed by atoms with Crippen molar-refractivity contribution in [2.45, 2.75) is 25.0 Å². The Kier molecular flexibility index (Phi) is 5.24. The molecule has 0 saturated carbocycles. The number of nitrogens with one attached hydrogen (secondary N) is 1. The molecule has 0 aliphatic rings. The SMILES string of the molecule is CCN(c1cccc(C)c1)c1ccc(NS(=O)(=O)c2ccc(C)s2)nn1. The predicted molar refractivity (Wildman–Crippen MR) is 106 cm³/mol. The van der Waals surface area contributed by atoms with Crippen molar-refractivity contribution in [3.63, 3.8) is 0 Å². The predicted octanol–water partition coefficient (Wildman–Crippen LogP) is 4.11. The van der Waals surface area contributed by atoms with Crippen LogP contribution in [0.2, 0.25) is 0 Å². The van der Waals surface area contributed by atoms with E-state index in [4.69, 9.17) is 0 Å². The van der Waals surface area contributed by atoms with E-state index in [1.165, 1.54) is 11.3 Å². The van der Waals surface area contributed by atoms with Crippen molar-refractivity contribution >= 4 is 38.7 Å². The normalized spacial score (nSPS) is 11.3. The smallest absolute Gasteiger partial charge is 0.272 e. The Morgan fingerprint density at radius 1 is 1.08 bits per heavy atom. The molecule has 3 rings (SSSR count). The third-order valence-corrected chi connectivity index (χ3v) is 6.62. The fourth-order valence-electron chi connectivity index (χ4n) is 2.54. The number of hydrogen-bond acceptors (Lipinski definition) is 6. The lowest BCUT2D eigenvalue weighted by molar-refractivity contribution is 0.603. The number of aryl methyl sites for hydroxylation is 2. The van der Waals surface area contributed by atoms with Crippen molar-refractivity contribution in [1.82, 2.24) is 10.2 Å². The highest BCUT2D eigenvalue weighted by molar-refractivity contribution is 7.94. The van der Waals surface area contributed by atoms with Crippen LogP contribution < -0.4 is 9.62 Å². The van der Waals surface area contributed by atoms with Crippen molar-refractivity contribution in [3.8, 4) is 0 Å². The summed E-state index contributed by atoms with van der Waals surface area (Å²) >= 11 is 1.22. The molecule has 136 valence electrons. The molecule has 3 aromatic rings. The Morgan fingerprint density at radius 2 is 1.88 bits per heavy atom. The molecule has 8 heteroatoms. The molecule has 1 N–H and O–H groups in total. The van der Waals surface area contributed by atoms with E-state index >= 15 is 0 Å². The summed E-state index contributed by atoms with van der Waals surface area (Å²) in [7, 11) is -3.64. The lowest BCUT2D eigenvalue weighted by Gasteiger charge is -2.22. The zero-order valence-electron chi connectivity index (χ0n) is 14.8. The summed E-state index contributed by atoms with van der Waals surface area (Å²) in [5.74, 6) is 0.855. The van der Waals surface area contributed by atoms with Crippen LogP contribution in [-0.4, -0.2) is 25.2 Å². The molecule has 0 spiro atoms. The number of hydrogen-bond donors (Lipinski definition) is 1. The summed E-state index contributed by atoms with van der Waals surface area (Å²) in [5.41, 5.74) is 2.17. The van der Waals surface area contributed by atoms with Gasteiger partial charge >= 0.3 is 0 Å². The molecule has 0 aliphatic carbocycles. The first kappa shape index (κ1) is 18.3. The molecule has 6 nitrogen and oxygen atoms in total. The van der Waals surface area contributed by atoms with E-state index in [1.54, 1.807) is 24.3 Å². The van der Waals surface area contributed by atoms with Crippen molar-refractivity contribution in [2.24, 2.45) is 0 Å². The summed E-state index contributed by atoms with van der Waals surface area (Å²) in [6.45, 7) is 6.65. The maximum absolute atomic E-state index is 12.4. The van der Waals surface area contributed by atoms with Gasteiger partial charge < -0.3 is 4.90 Å². The second-order valence-corrected chi connectivity index (χ2v) is 9.03. The largest absolute Gasteiger partial charge is 0.325 e. The highest BCUT2D eigenvalue weighted by Gasteiger charge is 2.17. The van der Waals surface area contributed by atoms with Gasteiger partial charge in [-0.3, -0.25) is 4.72 Å². The van der Waals surface area contributed by atoms with E-state index in [9.17, 15) is 8.42 Å². The first-order valence-corrected chi connectivity index (χ1v) is 10.5. The van der Waals surface area contributed by atoms with Gasteiger partial charge in [-0.15, -0.1) is 21.5 Å². The molecule has 2 heterocycles. The number of aromatic nitrogens is 2. The van der Waals surface area contributed by atoms with Crippen molar-refractivity contribution in [3.05, 3.63) is 59.0 Å². The Balaban J connectivity index is 1.81. The van der Waals surface area contributed by atoms with Crippen LogP contribution in [0.25, 0.3) is 0 Å². The molecule has 0 bridgehead atoms. The number of nitrogens with zero attached hydrogens (tertiary/aromatic N) is 3. The van der Waals surface area contributed by atoms with Crippen molar-refractivity contribution in [2.75, 3.05) is 16.2 Å². The van der Waals surface area contributed by atoms with Gasteiger partial charge in [-0.25, -0.2) is 8.42 Å². The average Bonchev–Trinajstić information content (AvgIpc) is 3.04. The molecule has 26 heavy (non-hydrogen) atoms. The number of rotatable bonds is 6. The van der Waals surface area contributed by atoms with E-state index in [-0.39, 0.29) is 10.0 Å². The van der Waals surface area contributed by atoms with Crippen LogP contribution >= 0.6 is 11.3 Å². The Bertz CT molecular complexity index is 998. The summed E-state index contributed by atoms with van der Waals surface area (Å²) in [6, 6.07) is 14.8. The first-order chi connectivity index (χ1) is 12.4. The molecule has 0 aliphatic heterocycles. The van der Waals surface area contributed by atoms with E-state index in [2.05, 4.69) is 21.0 Å². The van der Waals surface area contributed by atoms with Crippen LogP contribution in [0.15, 0.2) is 52.7 Å². The van der Waals surface area contributed by atoms with Crippen molar-refractivity contribution < 1.29 is 8.42 Å². The highest BCUT2D eigenvalue weighted by atomic mass is 32.2. The Hall–Kier alpha value is -2.45. The van der Waals surface area contributed by atoms with Crippen LogP contribution in [-0.2, 0) is 10.0 Å². The number of sulfonamides is 1. The van der Waals surface area contributed by atoms with Gasteiger partial charge in [0.05, 0.1) is 0 Å². The van der Waals surface area contributed by atoms with Gasteiger partial charge in [0.1, 0.15) is 4.21 Å². The summed E-state index contributed by atoms with van der Waals surface area (Å²) < 4.78 is 27.5. The Labute approximate surface area is 157 Å². The maximum atomic E-state index is 12.4. The van der Waals surface area contributed by atoms with Crippen LogP contribution in [0, 0.1) is 13.8 Å².